The lowest BCUT2D eigenvalue weighted by molar-refractivity contribution is -0.384. The summed E-state index contributed by atoms with van der Waals surface area (Å²) in [6, 6.07) is 7.37. The second kappa shape index (κ2) is 9.62. The highest BCUT2D eigenvalue weighted by Crippen LogP contribution is 2.30. The van der Waals surface area contributed by atoms with Crippen molar-refractivity contribution in [3.05, 3.63) is 52.6 Å². The monoisotopic (exact) mass is 452 g/mol. The minimum absolute atomic E-state index is 0.151. The molecule has 0 aliphatic carbocycles. The van der Waals surface area contributed by atoms with Gasteiger partial charge in [0, 0.05) is 6.07 Å². The molecule has 1 unspecified atom stereocenters. The number of carbonyl (C=O) groups excluding carboxylic acids is 2. The van der Waals surface area contributed by atoms with Crippen LogP contribution in [-0.2, 0) is 14.8 Å². The van der Waals surface area contributed by atoms with E-state index in [2.05, 4.69) is 20.9 Å². The quantitative estimate of drug-likeness (QED) is 0.273. The van der Waals surface area contributed by atoms with Crippen LogP contribution in [0.2, 0.25) is 0 Å². The van der Waals surface area contributed by atoms with Gasteiger partial charge in [-0.05, 0) is 31.2 Å². The summed E-state index contributed by atoms with van der Waals surface area (Å²) < 4.78 is 32.8. The summed E-state index contributed by atoms with van der Waals surface area (Å²) in [7, 11) is -2.82. The number of benzene rings is 2. The number of nitro groups is 1. The Hall–Kier alpha value is -4.07. The van der Waals surface area contributed by atoms with Crippen molar-refractivity contribution in [1.82, 2.24) is 10.7 Å². The topological polar surface area (TPSA) is 195 Å². The number of amides is 3. The molecular formula is C17H20N6O7S. The van der Waals surface area contributed by atoms with Crippen LogP contribution in [0.1, 0.15) is 6.92 Å². The van der Waals surface area contributed by atoms with Gasteiger partial charge in [0.25, 0.3) is 21.6 Å². The van der Waals surface area contributed by atoms with Crippen LogP contribution in [0.4, 0.5) is 21.9 Å². The van der Waals surface area contributed by atoms with Gasteiger partial charge in [-0.25, -0.2) is 13.2 Å². The standard InChI is InChI=1S/C17H20N6O7S/c1-10(19-17(18)25)16(24)21-20-12-8-7-11(9-14(12)23(26)27)31(28,29)22-13-5-3-4-6-15(13)30-2/h3-10,20,22H,1-2H3,(H,21,24)(H3,18,19,25). The Kier molecular flexibility index (Phi) is 7.20. The predicted octanol–water partition coefficient (Wildman–Crippen LogP) is 0.904. The third-order valence-electron chi connectivity index (χ3n) is 3.90. The third kappa shape index (κ3) is 5.96. The summed E-state index contributed by atoms with van der Waals surface area (Å²) in [6.45, 7) is 1.34. The van der Waals surface area contributed by atoms with Gasteiger partial charge in [0.05, 0.1) is 22.6 Å². The largest absolute Gasteiger partial charge is 0.495 e. The highest BCUT2D eigenvalue weighted by molar-refractivity contribution is 7.92. The summed E-state index contributed by atoms with van der Waals surface area (Å²) in [5.41, 5.74) is 8.78. The number of para-hydroxylation sites is 2. The zero-order valence-electron chi connectivity index (χ0n) is 16.4. The lowest BCUT2D eigenvalue weighted by Crippen LogP contribution is -2.48. The number of methoxy groups -OCH3 is 1. The lowest BCUT2D eigenvalue weighted by Gasteiger charge is -2.15. The first-order valence-electron chi connectivity index (χ1n) is 8.61. The number of nitrogens with one attached hydrogen (secondary N) is 4. The van der Waals surface area contributed by atoms with Crippen molar-refractivity contribution in [2.45, 2.75) is 17.9 Å². The van der Waals surface area contributed by atoms with Crippen LogP contribution in [0.25, 0.3) is 0 Å². The molecule has 2 aromatic rings. The SMILES string of the molecule is COc1ccccc1NS(=O)(=O)c1ccc(NNC(=O)C(C)NC(N)=O)c([N+](=O)[O-])c1. The second-order valence-corrected chi connectivity index (χ2v) is 7.77. The molecule has 0 aromatic heterocycles. The molecule has 14 heteroatoms. The van der Waals surface area contributed by atoms with Gasteiger partial charge in [-0.15, -0.1) is 0 Å². The molecule has 1 atom stereocenters. The number of primary amides is 1. The average Bonchev–Trinajstić information content (AvgIpc) is 2.71. The van der Waals surface area contributed by atoms with Crippen molar-refractivity contribution in [1.29, 1.82) is 0 Å². The molecule has 0 spiro atoms. The summed E-state index contributed by atoms with van der Waals surface area (Å²) in [5.74, 6) is -0.470. The van der Waals surface area contributed by atoms with Crippen LogP contribution < -0.4 is 31.4 Å². The number of hydrogen-bond donors (Lipinski definition) is 5. The summed E-state index contributed by atoms with van der Waals surface area (Å²) in [5, 5.41) is 13.6. The number of nitrogens with zero attached hydrogens (tertiary/aromatic N) is 1. The maximum Gasteiger partial charge on any atom is 0.312 e. The maximum absolute atomic E-state index is 12.7. The van der Waals surface area contributed by atoms with Crippen LogP contribution in [0.15, 0.2) is 47.4 Å². The highest BCUT2D eigenvalue weighted by Gasteiger charge is 2.23. The fourth-order valence-electron chi connectivity index (χ4n) is 2.38. The van der Waals surface area contributed by atoms with Crippen molar-refractivity contribution < 1.29 is 27.7 Å². The molecule has 6 N–H and O–H groups in total. The Morgan fingerprint density at radius 2 is 1.84 bits per heavy atom. The first-order valence-corrected chi connectivity index (χ1v) is 10.1. The van der Waals surface area contributed by atoms with E-state index < -0.39 is 38.6 Å². The van der Waals surface area contributed by atoms with Crippen LogP contribution in [-0.4, -0.2) is 38.4 Å². The van der Waals surface area contributed by atoms with Crippen LogP contribution in [0, 0.1) is 10.1 Å². The average molecular weight is 452 g/mol. The number of anilines is 2. The molecule has 0 radical (unpaired) electrons. The molecule has 3 amide bonds. The Labute approximate surface area is 177 Å². The predicted molar refractivity (Wildman–Crippen MR) is 111 cm³/mol. The Bertz CT molecular complexity index is 1110. The number of carbonyl (C=O) groups is 2. The summed E-state index contributed by atoms with van der Waals surface area (Å²) >= 11 is 0. The fraction of sp³-hybridized carbons (Fsp3) is 0.176. The van der Waals surface area contributed by atoms with E-state index in [4.69, 9.17) is 10.5 Å². The maximum atomic E-state index is 12.7. The lowest BCUT2D eigenvalue weighted by atomic mass is 10.3. The van der Waals surface area contributed by atoms with Crippen molar-refractivity contribution in [2.75, 3.05) is 17.3 Å². The van der Waals surface area contributed by atoms with E-state index in [0.717, 1.165) is 18.2 Å². The van der Waals surface area contributed by atoms with E-state index in [9.17, 15) is 28.1 Å². The molecule has 0 fully saturated rings. The van der Waals surface area contributed by atoms with Crippen molar-refractivity contribution in [2.24, 2.45) is 5.73 Å². The minimum atomic E-state index is -4.19. The Balaban J connectivity index is 2.26. The first-order chi connectivity index (χ1) is 14.5. The van der Waals surface area contributed by atoms with Gasteiger partial charge < -0.3 is 15.8 Å². The van der Waals surface area contributed by atoms with Gasteiger partial charge in [0.2, 0.25) is 0 Å². The third-order valence-corrected chi connectivity index (χ3v) is 5.26. The molecule has 13 nitrogen and oxygen atoms in total. The molecular weight excluding hydrogens is 432 g/mol. The van der Waals surface area contributed by atoms with E-state index in [1.165, 1.54) is 20.1 Å². The van der Waals surface area contributed by atoms with Gasteiger partial charge >= 0.3 is 6.03 Å². The van der Waals surface area contributed by atoms with Crippen LogP contribution in [0.5, 0.6) is 5.75 Å². The van der Waals surface area contributed by atoms with Crippen LogP contribution >= 0.6 is 0 Å². The fourth-order valence-corrected chi connectivity index (χ4v) is 3.47. The van der Waals surface area contributed by atoms with Gasteiger partial charge in [0.15, 0.2) is 0 Å². The molecule has 0 aliphatic rings. The first kappa shape index (κ1) is 23.2. The molecule has 2 aromatic carbocycles. The molecule has 0 aliphatic heterocycles. The number of nitro benzene ring substituents is 1. The summed E-state index contributed by atoms with van der Waals surface area (Å²) in [4.78, 5) is 32.9. The van der Waals surface area contributed by atoms with Gasteiger partial charge in [0.1, 0.15) is 17.5 Å². The molecule has 166 valence electrons. The van der Waals surface area contributed by atoms with Gasteiger partial charge in [-0.3, -0.25) is 30.5 Å². The van der Waals surface area contributed by atoms with E-state index in [-0.39, 0.29) is 22.0 Å². The van der Waals surface area contributed by atoms with E-state index in [1.807, 2.05) is 0 Å². The zero-order chi connectivity index (χ0) is 23.2. The number of nitrogens with two attached hydrogens (primary N) is 1. The number of hydrazine groups is 1. The second-order valence-electron chi connectivity index (χ2n) is 6.09. The molecule has 2 rings (SSSR count). The molecule has 0 saturated heterocycles. The Morgan fingerprint density at radius 3 is 2.45 bits per heavy atom. The van der Waals surface area contributed by atoms with Gasteiger partial charge in [-0.2, -0.15) is 0 Å². The van der Waals surface area contributed by atoms with Crippen molar-refractivity contribution in [3.63, 3.8) is 0 Å². The van der Waals surface area contributed by atoms with E-state index in [0.29, 0.717) is 0 Å². The van der Waals surface area contributed by atoms with Crippen molar-refractivity contribution >= 4 is 39.0 Å². The molecule has 0 saturated carbocycles. The number of rotatable bonds is 9. The molecule has 0 bridgehead atoms. The van der Waals surface area contributed by atoms with Crippen molar-refractivity contribution in [3.8, 4) is 5.75 Å². The van der Waals surface area contributed by atoms with Gasteiger partial charge in [-0.1, -0.05) is 12.1 Å². The number of ether oxygens (including phenoxy) is 1. The van der Waals surface area contributed by atoms with E-state index in [1.54, 1.807) is 18.2 Å². The number of sulfonamides is 1. The highest BCUT2D eigenvalue weighted by atomic mass is 32.2. The smallest absolute Gasteiger partial charge is 0.312 e. The number of urea groups is 1. The van der Waals surface area contributed by atoms with E-state index >= 15 is 0 Å². The zero-order valence-corrected chi connectivity index (χ0v) is 17.2. The molecule has 0 heterocycles. The minimum Gasteiger partial charge on any atom is -0.495 e. The number of hydrogen-bond acceptors (Lipinski definition) is 8. The Morgan fingerprint density at radius 1 is 1.16 bits per heavy atom. The van der Waals surface area contributed by atoms with Crippen LogP contribution in [0.3, 0.4) is 0 Å². The normalized spacial score (nSPS) is 11.7. The molecule has 31 heavy (non-hydrogen) atoms. The summed E-state index contributed by atoms with van der Waals surface area (Å²) in [6.07, 6.45) is 0.